The lowest BCUT2D eigenvalue weighted by molar-refractivity contribution is -0.146. The minimum Gasteiger partial charge on any atom is -0.466 e. The van der Waals surface area contributed by atoms with Crippen LogP contribution in [0.25, 0.3) is 11.0 Å². The van der Waals surface area contributed by atoms with Crippen molar-refractivity contribution in [3.63, 3.8) is 0 Å². The largest absolute Gasteiger partial charge is 0.466 e. The van der Waals surface area contributed by atoms with Gasteiger partial charge in [-0.05, 0) is 69.0 Å². The minimum atomic E-state index is -0.930. The first-order valence-electron chi connectivity index (χ1n) is 11.9. The lowest BCUT2D eigenvalue weighted by atomic mass is 10.1. The maximum Gasteiger partial charge on any atom is 0.328 e. The molecule has 0 unspecified atom stereocenters. The number of aromatic amines is 2. The number of esters is 2. The number of thiophene rings is 1. The second kappa shape index (κ2) is 12.9. The van der Waals surface area contributed by atoms with Gasteiger partial charge in [0.1, 0.15) is 11.7 Å². The fraction of sp³-hybridized carbons (Fsp3) is 0.458. The number of carbonyl (C=O) groups is 3. The SMILES string of the molecule is CCOC(=O)CC[C@H](NC(=O)c1cc(CCCCc2cc3c(=O)[nH]c(N)nc3[nH]2)cs1)C(=O)OCC. The molecule has 194 valence electrons. The monoisotopic (exact) mass is 517 g/mol. The van der Waals surface area contributed by atoms with Gasteiger partial charge in [0, 0.05) is 12.1 Å². The Morgan fingerprint density at radius 2 is 1.86 bits per heavy atom. The maximum atomic E-state index is 12.7. The fourth-order valence-corrected chi connectivity index (χ4v) is 4.56. The molecule has 0 fully saturated rings. The maximum absolute atomic E-state index is 12.7. The molecule has 0 saturated heterocycles. The number of hydrogen-bond donors (Lipinski definition) is 4. The van der Waals surface area contributed by atoms with Crippen LogP contribution >= 0.6 is 11.3 Å². The molecule has 0 aliphatic rings. The number of carbonyl (C=O) groups excluding carboxylic acids is 3. The second-order valence-electron chi connectivity index (χ2n) is 8.16. The zero-order valence-electron chi connectivity index (χ0n) is 20.3. The van der Waals surface area contributed by atoms with Crippen molar-refractivity contribution in [3.05, 3.63) is 44.0 Å². The van der Waals surface area contributed by atoms with E-state index in [2.05, 4.69) is 20.3 Å². The molecule has 11 nitrogen and oxygen atoms in total. The molecule has 36 heavy (non-hydrogen) atoms. The number of nitrogen functional groups attached to an aromatic ring is 1. The summed E-state index contributed by atoms with van der Waals surface area (Å²) < 4.78 is 9.94. The van der Waals surface area contributed by atoms with Crippen LogP contribution in [0.3, 0.4) is 0 Å². The van der Waals surface area contributed by atoms with Gasteiger partial charge in [-0.1, -0.05) is 0 Å². The van der Waals surface area contributed by atoms with Gasteiger partial charge in [-0.3, -0.25) is 19.4 Å². The highest BCUT2D eigenvalue weighted by Crippen LogP contribution is 2.19. The predicted octanol–water partition coefficient (Wildman–Crippen LogP) is 2.47. The molecule has 3 rings (SSSR count). The van der Waals surface area contributed by atoms with Crippen molar-refractivity contribution in [1.29, 1.82) is 0 Å². The summed E-state index contributed by atoms with van der Waals surface area (Å²) in [5, 5.41) is 5.08. The molecule has 0 aliphatic heterocycles. The van der Waals surface area contributed by atoms with Crippen molar-refractivity contribution in [2.24, 2.45) is 0 Å². The van der Waals surface area contributed by atoms with E-state index in [1.807, 2.05) is 11.4 Å². The van der Waals surface area contributed by atoms with Crippen molar-refractivity contribution in [1.82, 2.24) is 20.3 Å². The van der Waals surface area contributed by atoms with E-state index in [4.69, 9.17) is 15.2 Å². The second-order valence-corrected chi connectivity index (χ2v) is 9.07. The van der Waals surface area contributed by atoms with E-state index < -0.39 is 18.0 Å². The molecule has 12 heteroatoms. The number of nitrogens with zero attached hydrogens (tertiary/aromatic N) is 1. The van der Waals surface area contributed by atoms with Crippen LogP contribution in [0.1, 0.15) is 60.5 Å². The Bertz CT molecular complexity index is 1260. The number of H-pyrrole nitrogens is 2. The highest BCUT2D eigenvalue weighted by atomic mass is 32.1. The van der Waals surface area contributed by atoms with Gasteiger partial charge < -0.3 is 25.5 Å². The smallest absolute Gasteiger partial charge is 0.328 e. The number of anilines is 1. The van der Waals surface area contributed by atoms with Gasteiger partial charge >= 0.3 is 11.9 Å². The van der Waals surface area contributed by atoms with Crippen LogP contribution in [-0.4, -0.2) is 52.1 Å². The van der Waals surface area contributed by atoms with Gasteiger partial charge in [-0.25, -0.2) is 4.79 Å². The normalized spacial score (nSPS) is 11.8. The number of aromatic nitrogens is 3. The Kier molecular flexibility index (Phi) is 9.62. The van der Waals surface area contributed by atoms with Gasteiger partial charge in [0.05, 0.1) is 23.5 Å². The molecular formula is C24H31N5O6S. The molecule has 0 radical (unpaired) electrons. The molecule has 0 spiro atoms. The van der Waals surface area contributed by atoms with E-state index in [0.29, 0.717) is 15.9 Å². The molecule has 1 amide bonds. The number of hydrogen-bond acceptors (Lipinski definition) is 9. The predicted molar refractivity (Wildman–Crippen MR) is 136 cm³/mol. The average Bonchev–Trinajstić information content (AvgIpc) is 3.47. The van der Waals surface area contributed by atoms with E-state index in [1.54, 1.807) is 19.9 Å². The quantitative estimate of drug-likeness (QED) is 0.198. The first kappa shape index (κ1) is 26.9. The van der Waals surface area contributed by atoms with E-state index in [1.165, 1.54) is 11.3 Å². The lowest BCUT2D eigenvalue weighted by Gasteiger charge is -2.16. The zero-order chi connectivity index (χ0) is 26.1. The molecule has 3 aromatic rings. The van der Waals surface area contributed by atoms with Crippen LogP contribution in [0.4, 0.5) is 5.95 Å². The zero-order valence-corrected chi connectivity index (χ0v) is 21.2. The summed E-state index contributed by atoms with van der Waals surface area (Å²) in [6.45, 7) is 3.81. The molecule has 0 saturated carbocycles. The number of rotatable bonds is 13. The van der Waals surface area contributed by atoms with Crippen LogP contribution < -0.4 is 16.6 Å². The third-order valence-electron chi connectivity index (χ3n) is 5.43. The third kappa shape index (κ3) is 7.41. The Morgan fingerprint density at radius 1 is 1.11 bits per heavy atom. The molecule has 5 N–H and O–H groups in total. The molecular weight excluding hydrogens is 486 g/mol. The molecule has 0 aromatic carbocycles. The summed E-state index contributed by atoms with van der Waals surface area (Å²) in [4.78, 5) is 58.8. The van der Waals surface area contributed by atoms with E-state index in [0.717, 1.165) is 36.9 Å². The van der Waals surface area contributed by atoms with Crippen molar-refractivity contribution in [2.45, 2.75) is 58.4 Å². The van der Waals surface area contributed by atoms with Crippen LogP contribution in [0.2, 0.25) is 0 Å². The van der Waals surface area contributed by atoms with Crippen molar-refractivity contribution < 1.29 is 23.9 Å². The summed E-state index contributed by atoms with van der Waals surface area (Å²) in [6, 6.07) is 2.67. The van der Waals surface area contributed by atoms with Gasteiger partial charge in [-0.2, -0.15) is 4.98 Å². The minimum absolute atomic E-state index is 0.00148. The number of fused-ring (bicyclic) bond motifs is 1. The fourth-order valence-electron chi connectivity index (χ4n) is 3.71. The van der Waals surface area contributed by atoms with E-state index >= 15 is 0 Å². The van der Waals surface area contributed by atoms with E-state index in [9.17, 15) is 19.2 Å². The summed E-state index contributed by atoms with van der Waals surface area (Å²) in [7, 11) is 0. The molecule has 3 aromatic heterocycles. The molecule has 1 atom stereocenters. The summed E-state index contributed by atoms with van der Waals surface area (Å²) in [5.74, 6) is -1.32. The number of nitrogens with two attached hydrogens (primary N) is 1. The van der Waals surface area contributed by atoms with Crippen LogP contribution in [-0.2, 0) is 31.9 Å². The Morgan fingerprint density at radius 3 is 2.61 bits per heavy atom. The third-order valence-corrected chi connectivity index (χ3v) is 6.41. The number of aryl methyl sites for hydroxylation is 2. The molecule has 3 heterocycles. The molecule has 0 bridgehead atoms. The van der Waals surface area contributed by atoms with Crippen LogP contribution in [0.15, 0.2) is 22.3 Å². The van der Waals surface area contributed by atoms with Gasteiger partial charge in [0.15, 0.2) is 0 Å². The molecule has 0 aliphatic carbocycles. The Hall–Kier alpha value is -3.67. The van der Waals surface area contributed by atoms with E-state index in [-0.39, 0.29) is 43.5 Å². The topological polar surface area (TPSA) is 169 Å². The van der Waals surface area contributed by atoms with Gasteiger partial charge in [0.2, 0.25) is 5.95 Å². The Balaban J connectivity index is 1.50. The van der Waals surface area contributed by atoms with Crippen LogP contribution in [0.5, 0.6) is 0 Å². The highest BCUT2D eigenvalue weighted by Gasteiger charge is 2.24. The standard InChI is InChI=1S/C24H31N5O6S/c1-3-34-19(30)10-9-17(23(33)35-4-2)27-22(32)18-11-14(13-36-18)7-5-6-8-15-12-16-20(26-15)28-24(25)29-21(16)31/h11-13,17H,3-10H2,1-2H3,(H,27,32)(H4,25,26,28,29,31)/t17-/m0/s1. The number of amides is 1. The van der Waals surface area contributed by atoms with Gasteiger partial charge in [0.25, 0.3) is 11.5 Å². The lowest BCUT2D eigenvalue weighted by Crippen LogP contribution is -2.42. The number of unbranched alkanes of at least 4 members (excludes halogenated alkanes) is 1. The summed E-state index contributed by atoms with van der Waals surface area (Å²) in [5.41, 5.74) is 7.72. The number of nitrogens with one attached hydrogen (secondary N) is 3. The average molecular weight is 518 g/mol. The van der Waals surface area contributed by atoms with Gasteiger partial charge in [-0.15, -0.1) is 11.3 Å². The highest BCUT2D eigenvalue weighted by molar-refractivity contribution is 7.12. The summed E-state index contributed by atoms with van der Waals surface area (Å²) >= 11 is 1.30. The first-order chi connectivity index (χ1) is 17.3. The Labute approximate surface area is 211 Å². The van der Waals surface area contributed by atoms with Crippen molar-refractivity contribution in [3.8, 4) is 0 Å². The summed E-state index contributed by atoms with van der Waals surface area (Å²) in [6.07, 6.45) is 3.38. The first-order valence-corrected chi connectivity index (χ1v) is 12.8. The van der Waals surface area contributed by atoms with Crippen molar-refractivity contribution >= 4 is 46.2 Å². The number of ether oxygens (including phenoxy) is 2. The van der Waals surface area contributed by atoms with Crippen molar-refractivity contribution in [2.75, 3.05) is 18.9 Å². The van der Waals surface area contributed by atoms with Crippen LogP contribution in [0, 0.1) is 0 Å².